The summed E-state index contributed by atoms with van der Waals surface area (Å²) in [7, 11) is 1.70. The Morgan fingerprint density at radius 2 is 2.07 bits per heavy atom. The van der Waals surface area contributed by atoms with Crippen LogP contribution in [0, 0.1) is 0 Å². The van der Waals surface area contributed by atoms with Crippen LogP contribution in [0.25, 0.3) is 0 Å². The van der Waals surface area contributed by atoms with Crippen molar-refractivity contribution in [3.8, 4) is 5.75 Å². The minimum atomic E-state index is -0.599. The SMILES string of the molecule is CN1CC2(CCN(C(=O)Nc3ccccc3OCc3ccccn3)C2)OC1=O. The number of likely N-dealkylation sites (tertiary alicyclic amines) is 1. The van der Waals surface area contributed by atoms with Crippen molar-refractivity contribution < 1.29 is 19.1 Å². The molecule has 1 aromatic carbocycles. The van der Waals surface area contributed by atoms with Gasteiger partial charge in [0.2, 0.25) is 0 Å². The van der Waals surface area contributed by atoms with Gasteiger partial charge >= 0.3 is 12.1 Å². The molecule has 3 heterocycles. The molecule has 2 fully saturated rings. The van der Waals surface area contributed by atoms with Crippen LogP contribution in [0.2, 0.25) is 0 Å². The maximum atomic E-state index is 12.7. The van der Waals surface area contributed by atoms with Gasteiger partial charge in [-0.2, -0.15) is 0 Å². The molecule has 1 N–H and O–H groups in total. The number of nitrogens with one attached hydrogen (secondary N) is 1. The van der Waals surface area contributed by atoms with Gasteiger partial charge in [-0.3, -0.25) is 4.98 Å². The zero-order valence-electron chi connectivity index (χ0n) is 15.6. The van der Waals surface area contributed by atoms with Crippen molar-refractivity contribution in [1.82, 2.24) is 14.8 Å². The fraction of sp³-hybridized carbons (Fsp3) is 0.350. The van der Waals surface area contributed by atoms with Crippen LogP contribution in [0.15, 0.2) is 48.7 Å². The number of ether oxygens (including phenoxy) is 2. The molecule has 8 nitrogen and oxygen atoms in total. The Morgan fingerprint density at radius 1 is 1.25 bits per heavy atom. The number of carbonyl (C=O) groups is 2. The van der Waals surface area contributed by atoms with Crippen LogP contribution < -0.4 is 10.1 Å². The minimum Gasteiger partial charge on any atom is -0.485 e. The maximum Gasteiger partial charge on any atom is 0.410 e. The lowest BCUT2D eigenvalue weighted by molar-refractivity contribution is 0.0663. The summed E-state index contributed by atoms with van der Waals surface area (Å²) in [5.74, 6) is 0.572. The van der Waals surface area contributed by atoms with E-state index in [1.165, 1.54) is 0 Å². The lowest BCUT2D eigenvalue weighted by Gasteiger charge is -2.22. The Bertz CT molecular complexity index is 876. The molecule has 3 amide bonds. The van der Waals surface area contributed by atoms with Crippen molar-refractivity contribution in [2.75, 3.05) is 32.0 Å². The van der Waals surface area contributed by atoms with Crippen LogP contribution in [0.4, 0.5) is 15.3 Å². The van der Waals surface area contributed by atoms with Gasteiger partial charge in [0.15, 0.2) is 5.60 Å². The molecular formula is C20H22N4O4. The molecule has 1 atom stereocenters. The van der Waals surface area contributed by atoms with Crippen molar-refractivity contribution >= 4 is 17.8 Å². The average Bonchev–Trinajstić information content (AvgIpc) is 3.24. The average molecular weight is 382 g/mol. The zero-order valence-corrected chi connectivity index (χ0v) is 15.6. The largest absolute Gasteiger partial charge is 0.485 e. The van der Waals surface area contributed by atoms with Gasteiger partial charge in [-0.05, 0) is 24.3 Å². The smallest absolute Gasteiger partial charge is 0.410 e. The lowest BCUT2D eigenvalue weighted by atomic mass is 10.0. The Balaban J connectivity index is 1.39. The molecule has 146 valence electrons. The second-order valence-corrected chi connectivity index (χ2v) is 7.11. The summed E-state index contributed by atoms with van der Waals surface area (Å²) in [5.41, 5.74) is 0.792. The number of rotatable bonds is 4. The second kappa shape index (κ2) is 7.38. The molecule has 0 radical (unpaired) electrons. The zero-order chi connectivity index (χ0) is 19.6. The van der Waals surface area contributed by atoms with Crippen molar-refractivity contribution in [2.24, 2.45) is 0 Å². The Morgan fingerprint density at radius 3 is 2.82 bits per heavy atom. The first kappa shape index (κ1) is 18.1. The number of hydrogen-bond acceptors (Lipinski definition) is 5. The van der Waals surface area contributed by atoms with E-state index >= 15 is 0 Å². The highest BCUT2D eigenvalue weighted by molar-refractivity contribution is 5.91. The third-order valence-electron chi connectivity index (χ3n) is 4.97. The third-order valence-corrected chi connectivity index (χ3v) is 4.97. The molecule has 0 aliphatic carbocycles. The first-order chi connectivity index (χ1) is 13.5. The summed E-state index contributed by atoms with van der Waals surface area (Å²) in [6, 6.07) is 12.7. The number of carbonyl (C=O) groups excluding carboxylic acids is 2. The van der Waals surface area contributed by atoms with Gasteiger partial charge in [-0.25, -0.2) is 9.59 Å². The van der Waals surface area contributed by atoms with Crippen LogP contribution in [0.3, 0.4) is 0 Å². The third kappa shape index (κ3) is 3.71. The van der Waals surface area contributed by atoms with Crippen molar-refractivity contribution in [2.45, 2.75) is 18.6 Å². The topological polar surface area (TPSA) is 84.0 Å². The molecule has 1 aromatic heterocycles. The fourth-order valence-electron chi connectivity index (χ4n) is 3.55. The summed E-state index contributed by atoms with van der Waals surface area (Å²) in [4.78, 5) is 31.9. The Kier molecular flexibility index (Phi) is 4.77. The number of amides is 3. The monoisotopic (exact) mass is 382 g/mol. The highest BCUT2D eigenvalue weighted by atomic mass is 16.6. The van der Waals surface area contributed by atoms with Gasteiger partial charge in [-0.1, -0.05) is 18.2 Å². The maximum absolute atomic E-state index is 12.7. The van der Waals surface area contributed by atoms with Crippen LogP contribution in [0.1, 0.15) is 12.1 Å². The Labute approximate surface area is 163 Å². The van der Waals surface area contributed by atoms with Gasteiger partial charge in [0.1, 0.15) is 12.4 Å². The molecule has 4 rings (SSSR count). The van der Waals surface area contributed by atoms with E-state index in [2.05, 4.69) is 10.3 Å². The normalized spacial score (nSPS) is 21.1. The lowest BCUT2D eigenvalue weighted by Crippen LogP contribution is -2.40. The van der Waals surface area contributed by atoms with E-state index in [1.807, 2.05) is 30.3 Å². The number of para-hydroxylation sites is 2. The van der Waals surface area contributed by atoms with Crippen LogP contribution >= 0.6 is 0 Å². The summed E-state index contributed by atoms with van der Waals surface area (Å²) in [6.07, 6.45) is 2.01. The van der Waals surface area contributed by atoms with Crippen molar-refractivity contribution in [3.05, 3.63) is 54.4 Å². The number of anilines is 1. The number of pyridine rings is 1. The summed E-state index contributed by atoms with van der Waals surface area (Å²) in [6.45, 7) is 1.72. The summed E-state index contributed by atoms with van der Waals surface area (Å²) >= 11 is 0. The molecule has 0 bridgehead atoms. The van der Waals surface area contributed by atoms with Crippen LogP contribution in [0.5, 0.6) is 5.75 Å². The van der Waals surface area contributed by atoms with Gasteiger partial charge < -0.3 is 24.6 Å². The Hall–Kier alpha value is -3.29. The minimum absolute atomic E-state index is 0.239. The van der Waals surface area contributed by atoms with E-state index in [4.69, 9.17) is 9.47 Å². The predicted octanol–water partition coefficient (Wildman–Crippen LogP) is 2.72. The predicted molar refractivity (Wildman–Crippen MR) is 102 cm³/mol. The van der Waals surface area contributed by atoms with E-state index in [0.717, 1.165) is 5.69 Å². The number of urea groups is 1. The number of benzene rings is 1. The van der Waals surface area contributed by atoms with E-state index in [1.54, 1.807) is 35.2 Å². The molecule has 0 saturated carbocycles. The van der Waals surface area contributed by atoms with Crippen LogP contribution in [-0.4, -0.2) is 59.2 Å². The van der Waals surface area contributed by atoms with Gasteiger partial charge in [0.25, 0.3) is 0 Å². The quantitative estimate of drug-likeness (QED) is 0.879. The number of likely N-dealkylation sites (N-methyl/N-ethyl adjacent to an activating group) is 1. The standard InChI is InChI=1S/C20H22N4O4/c1-23-13-20(28-19(23)26)9-11-24(14-20)18(25)22-16-7-2-3-8-17(16)27-12-15-6-4-5-10-21-15/h2-8,10H,9,11-14H2,1H3,(H,22,25). The highest BCUT2D eigenvalue weighted by Gasteiger charge is 2.49. The van der Waals surface area contributed by atoms with E-state index < -0.39 is 5.60 Å². The van der Waals surface area contributed by atoms with Gasteiger partial charge in [0.05, 0.1) is 24.5 Å². The number of aromatic nitrogens is 1. The molecule has 8 heteroatoms. The number of hydrogen-bond donors (Lipinski definition) is 1. The fourth-order valence-corrected chi connectivity index (χ4v) is 3.55. The molecule has 2 saturated heterocycles. The van der Waals surface area contributed by atoms with Gasteiger partial charge in [0, 0.05) is 26.2 Å². The van der Waals surface area contributed by atoms with E-state index in [-0.39, 0.29) is 12.1 Å². The molecule has 2 aliphatic heterocycles. The first-order valence-electron chi connectivity index (χ1n) is 9.16. The number of nitrogens with zero attached hydrogens (tertiary/aromatic N) is 3. The molecule has 1 spiro atoms. The highest BCUT2D eigenvalue weighted by Crippen LogP contribution is 2.32. The molecule has 2 aliphatic rings. The molecular weight excluding hydrogens is 360 g/mol. The second-order valence-electron chi connectivity index (χ2n) is 7.11. The molecule has 2 aromatic rings. The molecule has 1 unspecified atom stereocenters. The summed E-state index contributed by atoms with van der Waals surface area (Å²) < 4.78 is 11.3. The van der Waals surface area contributed by atoms with Crippen molar-refractivity contribution in [3.63, 3.8) is 0 Å². The first-order valence-corrected chi connectivity index (χ1v) is 9.16. The van der Waals surface area contributed by atoms with Crippen molar-refractivity contribution in [1.29, 1.82) is 0 Å². The van der Waals surface area contributed by atoms with E-state index in [0.29, 0.717) is 44.1 Å². The van der Waals surface area contributed by atoms with E-state index in [9.17, 15) is 9.59 Å². The van der Waals surface area contributed by atoms with Gasteiger partial charge in [-0.15, -0.1) is 0 Å². The van der Waals surface area contributed by atoms with Crippen LogP contribution in [-0.2, 0) is 11.3 Å². The summed E-state index contributed by atoms with van der Waals surface area (Å²) in [5, 5.41) is 2.91. The molecule has 28 heavy (non-hydrogen) atoms.